The van der Waals surface area contributed by atoms with E-state index in [1.807, 2.05) is 20.8 Å². The Kier molecular flexibility index (Phi) is 9.02. The maximum atomic E-state index is 15.3. The Morgan fingerprint density at radius 3 is 2.33 bits per heavy atom. The van der Waals surface area contributed by atoms with Crippen molar-refractivity contribution >= 4 is 62.4 Å². The molecular formula is C28H27BrCl3F4NO2. The summed E-state index contributed by atoms with van der Waals surface area (Å²) in [6.07, 6.45) is -3.22. The molecule has 0 N–H and O–H groups in total. The number of carbonyl (C=O) groups is 1. The van der Waals surface area contributed by atoms with Gasteiger partial charge in [0.2, 0.25) is 0 Å². The van der Waals surface area contributed by atoms with E-state index >= 15 is 13.2 Å². The maximum absolute atomic E-state index is 15.3. The first-order valence-corrected chi connectivity index (χ1v) is 14.5. The minimum Gasteiger partial charge on any atom is -0.462 e. The van der Waals surface area contributed by atoms with Crippen LogP contribution in [0.25, 0.3) is 0 Å². The Hall–Kier alpha value is -1.35. The highest BCUT2D eigenvalue weighted by Crippen LogP contribution is 2.53. The summed E-state index contributed by atoms with van der Waals surface area (Å²) in [6, 6.07) is 5.85. The van der Waals surface area contributed by atoms with Gasteiger partial charge in [-0.15, -0.1) is 0 Å². The molecular weight excluding hydrogens is 645 g/mol. The second-order valence-electron chi connectivity index (χ2n) is 10.8. The molecule has 2 aromatic rings. The Bertz CT molecular complexity index is 1280. The minimum absolute atomic E-state index is 0.00612. The summed E-state index contributed by atoms with van der Waals surface area (Å²) in [5.41, 5.74) is -3.18. The van der Waals surface area contributed by atoms with Crippen LogP contribution in [0.1, 0.15) is 51.2 Å². The van der Waals surface area contributed by atoms with E-state index in [4.69, 9.17) is 39.5 Å². The highest BCUT2D eigenvalue weighted by molar-refractivity contribution is 9.10. The van der Waals surface area contributed by atoms with E-state index in [9.17, 15) is 9.18 Å². The van der Waals surface area contributed by atoms with Gasteiger partial charge in [0.15, 0.2) is 0 Å². The largest absolute Gasteiger partial charge is 0.462 e. The van der Waals surface area contributed by atoms with Crippen LogP contribution in [0.3, 0.4) is 0 Å². The topological polar surface area (TPSA) is 38.7 Å². The molecule has 0 radical (unpaired) electrons. The molecule has 2 aliphatic rings. The highest BCUT2D eigenvalue weighted by atomic mass is 79.9. The normalized spacial score (nSPS) is 27.5. The van der Waals surface area contributed by atoms with Gasteiger partial charge in [-0.2, -0.15) is 13.2 Å². The number of nitrogens with zero attached hydrogens (tertiary/aromatic N) is 1. The molecule has 0 aromatic heterocycles. The second kappa shape index (κ2) is 11.5. The van der Waals surface area contributed by atoms with Crippen LogP contribution in [0, 0.1) is 29.5 Å². The molecule has 4 rings (SSSR count). The summed E-state index contributed by atoms with van der Waals surface area (Å²) < 4.78 is 65.9. The summed E-state index contributed by atoms with van der Waals surface area (Å²) >= 11 is 21.5. The average Bonchev–Trinajstić information content (AvgIpc) is 3.26. The molecule has 11 heteroatoms. The second-order valence-corrected chi connectivity index (χ2v) is 12.8. The van der Waals surface area contributed by atoms with Gasteiger partial charge in [-0.25, -0.2) is 4.39 Å². The van der Waals surface area contributed by atoms with E-state index in [1.54, 1.807) is 0 Å². The van der Waals surface area contributed by atoms with Gasteiger partial charge in [0.05, 0.1) is 31.8 Å². The number of esters is 1. The predicted octanol–water partition coefficient (Wildman–Crippen LogP) is 9.47. The van der Waals surface area contributed by atoms with Crippen molar-refractivity contribution in [1.29, 1.82) is 0 Å². The number of hydrogen-bond acceptors (Lipinski definition) is 3. The molecule has 2 aromatic carbocycles. The van der Waals surface area contributed by atoms with E-state index < -0.39 is 41.9 Å². The number of benzene rings is 2. The van der Waals surface area contributed by atoms with Gasteiger partial charge in [-0.1, -0.05) is 68.1 Å². The summed E-state index contributed by atoms with van der Waals surface area (Å²) in [7, 11) is 0. The van der Waals surface area contributed by atoms with Gasteiger partial charge in [-0.05, 0) is 81.9 Å². The van der Waals surface area contributed by atoms with Crippen molar-refractivity contribution in [3.63, 3.8) is 0 Å². The van der Waals surface area contributed by atoms with E-state index in [0.717, 1.165) is 31.0 Å². The summed E-state index contributed by atoms with van der Waals surface area (Å²) in [5, 5.41) is -0.473. The summed E-state index contributed by atoms with van der Waals surface area (Å²) in [6.45, 7) is 5.24. The fraction of sp³-hybridized carbons (Fsp3) is 0.500. The summed E-state index contributed by atoms with van der Waals surface area (Å²) in [4.78, 5) is 18.3. The maximum Gasteiger partial charge on any atom is 0.401 e. The van der Waals surface area contributed by atoms with Gasteiger partial charge >= 0.3 is 12.1 Å². The molecule has 1 heterocycles. The van der Waals surface area contributed by atoms with Crippen LogP contribution >= 0.6 is 50.7 Å². The molecule has 0 spiro atoms. The van der Waals surface area contributed by atoms with Crippen LogP contribution in [0.5, 0.6) is 0 Å². The predicted molar refractivity (Wildman–Crippen MR) is 149 cm³/mol. The lowest BCUT2D eigenvalue weighted by atomic mass is 9.68. The third-order valence-electron chi connectivity index (χ3n) is 7.95. The van der Waals surface area contributed by atoms with E-state index in [1.165, 1.54) is 12.1 Å². The molecule has 0 bridgehead atoms. The fourth-order valence-electron chi connectivity index (χ4n) is 5.81. The molecule has 39 heavy (non-hydrogen) atoms. The van der Waals surface area contributed by atoms with E-state index in [0.29, 0.717) is 6.42 Å². The Labute approximate surface area is 248 Å². The zero-order chi connectivity index (χ0) is 28.9. The first-order valence-electron chi connectivity index (χ1n) is 12.6. The standard InChI is InChI=1S/C28H27BrCl3F4NO2/c1-13(2)17-6-4-14(3)8-22(17)39-26(38)23-25(15-5-7-21(33)18(29)9-15)37-12-27(23,28(34,35)36)16-10-19(30)24(32)20(31)11-16/h5,7,9-11,13-14,17,22-23H,4,6,8,12H2,1-3H3/t14-,17+,22-,23?,27?/m1/s1. The molecule has 1 saturated carbocycles. The molecule has 5 atom stereocenters. The van der Waals surface area contributed by atoms with Gasteiger partial charge in [0, 0.05) is 0 Å². The summed E-state index contributed by atoms with van der Waals surface area (Å²) in [5.74, 6) is -3.12. The molecule has 3 nitrogen and oxygen atoms in total. The minimum atomic E-state index is -4.98. The lowest BCUT2D eigenvalue weighted by molar-refractivity contribution is -0.204. The number of rotatable bonds is 5. The molecule has 0 saturated heterocycles. The Morgan fingerprint density at radius 1 is 1.13 bits per heavy atom. The van der Waals surface area contributed by atoms with Crippen LogP contribution in [-0.2, 0) is 14.9 Å². The lowest BCUT2D eigenvalue weighted by Crippen LogP contribution is -2.54. The third kappa shape index (κ3) is 5.73. The SMILES string of the molecule is CC(C)[C@@H]1CC[C@@H](C)C[C@H]1OC(=O)C1C(c2ccc(F)c(Br)c2)=NCC1(c1cc(Cl)c(Cl)c(Cl)c1)C(F)(F)F. The van der Waals surface area contributed by atoms with Crippen molar-refractivity contribution in [3.8, 4) is 0 Å². The van der Waals surface area contributed by atoms with Gasteiger partial charge in [-0.3, -0.25) is 9.79 Å². The van der Waals surface area contributed by atoms with Crippen LogP contribution < -0.4 is 0 Å². The van der Waals surface area contributed by atoms with E-state index in [2.05, 4.69) is 20.9 Å². The number of ether oxygens (including phenoxy) is 1. The number of hydrogen-bond donors (Lipinski definition) is 0. The number of carbonyl (C=O) groups excluding carboxylic acids is 1. The third-order valence-corrected chi connectivity index (χ3v) is 9.75. The first-order chi connectivity index (χ1) is 18.2. The molecule has 212 valence electrons. The molecule has 1 fully saturated rings. The van der Waals surface area contributed by atoms with Gasteiger partial charge in [0.1, 0.15) is 23.3 Å². The van der Waals surface area contributed by atoms with Gasteiger partial charge in [0.25, 0.3) is 0 Å². The number of halogens is 8. The fourth-order valence-corrected chi connectivity index (χ4v) is 6.78. The average molecular weight is 672 g/mol. The monoisotopic (exact) mass is 669 g/mol. The van der Waals surface area contributed by atoms with Crippen molar-refractivity contribution < 1.29 is 27.1 Å². The quantitative estimate of drug-likeness (QED) is 0.181. The van der Waals surface area contributed by atoms with E-state index in [-0.39, 0.29) is 54.1 Å². The Balaban J connectivity index is 1.88. The van der Waals surface area contributed by atoms with Gasteiger partial charge < -0.3 is 4.74 Å². The van der Waals surface area contributed by atoms with Crippen molar-refractivity contribution in [1.82, 2.24) is 0 Å². The van der Waals surface area contributed by atoms with Crippen LogP contribution in [-0.4, -0.2) is 30.5 Å². The highest BCUT2D eigenvalue weighted by Gasteiger charge is 2.67. The number of aliphatic imine (C=N–C) groups is 1. The Morgan fingerprint density at radius 2 is 1.77 bits per heavy atom. The zero-order valence-corrected chi connectivity index (χ0v) is 25.2. The van der Waals surface area contributed by atoms with Crippen LogP contribution in [0.2, 0.25) is 15.1 Å². The molecule has 2 unspecified atom stereocenters. The van der Waals surface area contributed by atoms with Crippen molar-refractivity contribution in [2.24, 2.45) is 28.7 Å². The smallest absolute Gasteiger partial charge is 0.401 e. The molecule has 1 aliphatic carbocycles. The van der Waals surface area contributed by atoms with Crippen molar-refractivity contribution in [3.05, 3.63) is 66.8 Å². The van der Waals surface area contributed by atoms with Crippen LogP contribution in [0.15, 0.2) is 39.8 Å². The van der Waals surface area contributed by atoms with Crippen LogP contribution in [0.4, 0.5) is 17.6 Å². The zero-order valence-electron chi connectivity index (χ0n) is 21.4. The number of alkyl halides is 3. The first kappa shape index (κ1) is 30.6. The lowest BCUT2D eigenvalue weighted by Gasteiger charge is -2.40. The molecule has 1 aliphatic heterocycles. The van der Waals surface area contributed by atoms with Crippen molar-refractivity contribution in [2.45, 2.75) is 57.7 Å². The molecule has 0 amide bonds. The van der Waals surface area contributed by atoms with Crippen molar-refractivity contribution in [2.75, 3.05) is 6.54 Å².